The van der Waals surface area contributed by atoms with Gasteiger partial charge in [-0.3, -0.25) is 33.8 Å². The summed E-state index contributed by atoms with van der Waals surface area (Å²) in [6.45, 7) is 12.1. The Kier molecular flexibility index (Phi) is 10.1. The van der Waals surface area contributed by atoms with E-state index < -0.39 is 64.4 Å². The van der Waals surface area contributed by atoms with Gasteiger partial charge in [-0.15, -0.1) is 0 Å². The number of ketones is 1. The predicted octanol–water partition coefficient (Wildman–Crippen LogP) is 2.69. The molecule has 6 atom stereocenters. The minimum absolute atomic E-state index is 0.0138. The van der Waals surface area contributed by atoms with Gasteiger partial charge in [0.1, 0.15) is 23.8 Å². The van der Waals surface area contributed by atoms with Crippen molar-refractivity contribution in [2.75, 3.05) is 6.54 Å². The molecule has 6 unspecified atom stereocenters. The van der Waals surface area contributed by atoms with Crippen LogP contribution in [0.1, 0.15) is 116 Å². The number of aromatic nitrogens is 2. The molecule has 13 heteroatoms. The Morgan fingerprint density at radius 2 is 1.61 bits per heavy atom. The molecule has 1 aromatic rings. The zero-order valence-corrected chi connectivity index (χ0v) is 30.9. The molecule has 6 rings (SSSR count). The number of nitrogens with one attached hydrogen (secondary N) is 4. The highest BCUT2D eigenvalue weighted by Gasteiger charge is 2.70. The van der Waals surface area contributed by atoms with Crippen molar-refractivity contribution in [3.63, 3.8) is 0 Å². The molecule has 4 N–H and O–H groups in total. The smallest absolute Gasteiger partial charge is 0.289 e. The molecule has 0 bridgehead atoms. The van der Waals surface area contributed by atoms with E-state index in [0.717, 1.165) is 57.8 Å². The Morgan fingerprint density at radius 1 is 0.922 bits per heavy atom. The fourth-order valence-electron chi connectivity index (χ4n) is 8.50. The minimum Gasteiger partial charge on any atom is -0.347 e. The molecule has 5 aliphatic rings. The van der Waals surface area contributed by atoms with E-state index in [1.54, 1.807) is 4.90 Å². The topological polar surface area (TPSA) is 180 Å². The van der Waals surface area contributed by atoms with E-state index >= 15 is 0 Å². The summed E-state index contributed by atoms with van der Waals surface area (Å²) in [5, 5.41) is 11.6. The van der Waals surface area contributed by atoms with Crippen molar-refractivity contribution in [1.82, 2.24) is 36.1 Å². The van der Waals surface area contributed by atoms with Crippen LogP contribution in [0.15, 0.2) is 18.6 Å². The maximum atomic E-state index is 14.7. The van der Waals surface area contributed by atoms with Gasteiger partial charge in [0.25, 0.3) is 11.8 Å². The molecule has 51 heavy (non-hydrogen) atoms. The molecular formula is C38H55N7O6. The SMILES string of the molecule is CC(C)(C)C(NC(=O)C(NC(=O)c1cnccn1)C1(C)CCCCC1)C(=O)N1CC2C(C1C(=O)NC(CC1CC1)C(=O)C(=O)NC1CC1)C2(C)C. The van der Waals surface area contributed by atoms with E-state index in [1.807, 2.05) is 27.7 Å². The van der Waals surface area contributed by atoms with Crippen molar-refractivity contribution in [3.05, 3.63) is 24.3 Å². The average Bonchev–Trinajstić information content (AvgIpc) is 4.05. The lowest BCUT2D eigenvalue weighted by atomic mass is 9.70. The number of carbonyl (C=O) groups excluding carboxylic acids is 6. The number of hydrogen-bond donors (Lipinski definition) is 4. The number of carbonyl (C=O) groups is 6. The highest BCUT2D eigenvalue weighted by molar-refractivity contribution is 6.38. The van der Waals surface area contributed by atoms with Crippen molar-refractivity contribution in [3.8, 4) is 0 Å². The van der Waals surface area contributed by atoms with Crippen LogP contribution in [0.5, 0.6) is 0 Å². The van der Waals surface area contributed by atoms with Gasteiger partial charge in [0, 0.05) is 25.0 Å². The van der Waals surface area contributed by atoms with E-state index in [-0.39, 0.29) is 40.8 Å². The van der Waals surface area contributed by atoms with Gasteiger partial charge in [-0.2, -0.15) is 0 Å². The summed E-state index contributed by atoms with van der Waals surface area (Å²) in [5.41, 5.74) is -1.41. The first-order valence-electron chi connectivity index (χ1n) is 18.8. The third-order valence-corrected chi connectivity index (χ3v) is 12.2. The van der Waals surface area contributed by atoms with Crippen LogP contribution in [0.2, 0.25) is 0 Å². The molecule has 4 aliphatic carbocycles. The molecule has 0 aromatic carbocycles. The van der Waals surface area contributed by atoms with Crippen LogP contribution >= 0.6 is 0 Å². The van der Waals surface area contributed by atoms with Crippen LogP contribution in [0, 0.1) is 34.0 Å². The largest absolute Gasteiger partial charge is 0.347 e. The summed E-state index contributed by atoms with van der Waals surface area (Å²) < 4.78 is 0. The lowest BCUT2D eigenvalue weighted by Gasteiger charge is -2.42. The molecule has 1 saturated heterocycles. The Bertz CT molecular complexity index is 1540. The lowest BCUT2D eigenvalue weighted by molar-refractivity contribution is -0.147. The van der Waals surface area contributed by atoms with Gasteiger partial charge >= 0.3 is 0 Å². The molecule has 278 valence electrons. The highest BCUT2D eigenvalue weighted by atomic mass is 16.2. The van der Waals surface area contributed by atoms with Crippen LogP contribution in [-0.2, 0) is 24.0 Å². The number of Topliss-reactive ketones (excluding diaryl/α,β-unsaturated/α-hetero) is 1. The van der Waals surface area contributed by atoms with Gasteiger partial charge in [0.15, 0.2) is 0 Å². The van der Waals surface area contributed by atoms with E-state index in [1.165, 1.54) is 18.6 Å². The fourth-order valence-corrected chi connectivity index (χ4v) is 8.50. The second kappa shape index (κ2) is 13.9. The van der Waals surface area contributed by atoms with Crippen LogP contribution in [0.25, 0.3) is 0 Å². The number of hydrogen-bond acceptors (Lipinski definition) is 8. The predicted molar refractivity (Wildman–Crippen MR) is 188 cm³/mol. The molecule has 5 amide bonds. The molecular weight excluding hydrogens is 650 g/mol. The third kappa shape index (κ3) is 7.96. The van der Waals surface area contributed by atoms with Crippen molar-refractivity contribution in [2.24, 2.45) is 34.0 Å². The summed E-state index contributed by atoms with van der Waals surface area (Å²) in [6.07, 6.45) is 12.5. The van der Waals surface area contributed by atoms with Gasteiger partial charge in [-0.05, 0) is 66.1 Å². The van der Waals surface area contributed by atoms with Crippen LogP contribution in [0.3, 0.4) is 0 Å². The monoisotopic (exact) mass is 705 g/mol. The molecule has 1 aliphatic heterocycles. The Morgan fingerprint density at radius 3 is 2.20 bits per heavy atom. The lowest BCUT2D eigenvalue weighted by Crippen LogP contribution is -2.64. The number of rotatable bonds is 13. The summed E-state index contributed by atoms with van der Waals surface area (Å²) in [5.74, 6) is -2.91. The third-order valence-electron chi connectivity index (χ3n) is 12.2. The van der Waals surface area contributed by atoms with Crippen LogP contribution in [-0.4, -0.2) is 86.9 Å². The summed E-state index contributed by atoms with van der Waals surface area (Å²) in [4.78, 5) is 92.4. The first kappa shape index (κ1) is 36.9. The number of amides is 5. The van der Waals surface area contributed by atoms with Crippen molar-refractivity contribution in [2.45, 2.75) is 136 Å². The molecule has 1 aromatic heterocycles. The van der Waals surface area contributed by atoms with Crippen molar-refractivity contribution in [1.29, 1.82) is 0 Å². The quantitative estimate of drug-likeness (QED) is 0.226. The highest BCUT2D eigenvalue weighted by Crippen LogP contribution is 2.65. The molecule has 5 fully saturated rings. The number of nitrogens with zero attached hydrogens (tertiary/aromatic N) is 3. The molecule has 13 nitrogen and oxygen atoms in total. The zero-order chi connectivity index (χ0) is 36.9. The zero-order valence-electron chi connectivity index (χ0n) is 30.9. The first-order chi connectivity index (χ1) is 24.0. The Balaban J connectivity index is 1.23. The second-order valence-electron chi connectivity index (χ2n) is 17.8. The summed E-state index contributed by atoms with van der Waals surface area (Å²) in [7, 11) is 0. The van der Waals surface area contributed by atoms with Crippen molar-refractivity contribution < 1.29 is 28.8 Å². The maximum Gasteiger partial charge on any atom is 0.289 e. The standard InChI is InChI=1S/C38H55N7O6/c1-36(2,3)30(44-34(50)29(38(6)14-8-7-9-15-38)43-31(47)25-19-39-16-17-40-25)35(51)45-20-23-26(37(23,4)5)27(45)32(48)42-24(18-21-10-11-21)28(46)33(49)41-22-12-13-22/h16-17,19,21-24,26-27,29-30H,7-15,18,20H2,1-6H3,(H,41,49)(H,42,48)(H,43,47)(H,44,50). The van der Waals surface area contributed by atoms with Crippen LogP contribution < -0.4 is 21.3 Å². The van der Waals surface area contributed by atoms with Gasteiger partial charge in [0.05, 0.1) is 12.2 Å². The van der Waals surface area contributed by atoms with E-state index in [2.05, 4.69) is 45.1 Å². The first-order valence-corrected chi connectivity index (χ1v) is 18.8. The molecule has 4 saturated carbocycles. The summed E-state index contributed by atoms with van der Waals surface area (Å²) >= 11 is 0. The van der Waals surface area contributed by atoms with E-state index in [9.17, 15) is 28.8 Å². The normalized spacial score (nSPS) is 26.5. The molecule has 0 radical (unpaired) electrons. The fraction of sp³-hybridized carbons (Fsp3) is 0.737. The maximum absolute atomic E-state index is 14.7. The van der Waals surface area contributed by atoms with E-state index in [4.69, 9.17) is 0 Å². The van der Waals surface area contributed by atoms with Gasteiger partial charge in [0.2, 0.25) is 23.5 Å². The number of likely N-dealkylation sites (tertiary alicyclic amines) is 1. The van der Waals surface area contributed by atoms with Gasteiger partial charge in [-0.1, -0.05) is 73.6 Å². The molecule has 0 spiro atoms. The van der Waals surface area contributed by atoms with Gasteiger partial charge < -0.3 is 26.2 Å². The van der Waals surface area contributed by atoms with Crippen molar-refractivity contribution >= 4 is 35.3 Å². The Hall–Kier alpha value is -3.90. The second-order valence-corrected chi connectivity index (χ2v) is 17.8. The van der Waals surface area contributed by atoms with Gasteiger partial charge in [-0.25, -0.2) is 4.98 Å². The number of fused-ring (bicyclic) bond motifs is 1. The number of piperidine rings is 1. The minimum atomic E-state index is -1.02. The van der Waals surface area contributed by atoms with E-state index in [0.29, 0.717) is 13.0 Å². The average molecular weight is 706 g/mol. The van der Waals surface area contributed by atoms with Crippen LogP contribution in [0.4, 0.5) is 0 Å². The molecule has 2 heterocycles. The summed E-state index contributed by atoms with van der Waals surface area (Å²) in [6, 6.07) is -3.76. The Labute approximate surface area is 300 Å².